The van der Waals surface area contributed by atoms with Crippen LogP contribution in [0, 0.1) is 5.82 Å². The van der Waals surface area contributed by atoms with Crippen molar-refractivity contribution >= 4 is 27.7 Å². The summed E-state index contributed by atoms with van der Waals surface area (Å²) in [5.41, 5.74) is 1.26. The minimum absolute atomic E-state index is 0.0751. The summed E-state index contributed by atoms with van der Waals surface area (Å²) in [6.45, 7) is 0.714. The van der Waals surface area contributed by atoms with E-state index in [2.05, 4.69) is 15.9 Å². The lowest BCUT2D eigenvalue weighted by molar-refractivity contribution is 0.143. The van der Waals surface area contributed by atoms with E-state index >= 15 is 0 Å². The van der Waals surface area contributed by atoms with Gasteiger partial charge in [-0.3, -0.25) is 4.90 Å². The number of anilines is 1. The summed E-state index contributed by atoms with van der Waals surface area (Å²) in [6.07, 6.45) is -0.522. The number of ether oxygens (including phenoxy) is 2. The Morgan fingerprint density at radius 1 is 1.32 bits per heavy atom. The Bertz CT molecular complexity index is 693. The highest BCUT2D eigenvalue weighted by molar-refractivity contribution is 9.10. The van der Waals surface area contributed by atoms with E-state index in [0.29, 0.717) is 16.7 Å². The third-order valence-corrected chi connectivity index (χ3v) is 3.72. The topological polar surface area (TPSA) is 38.8 Å². The quantitative estimate of drug-likeness (QED) is 0.803. The average molecular weight is 366 g/mol. The number of halogens is 2. The van der Waals surface area contributed by atoms with Gasteiger partial charge in [0.2, 0.25) is 0 Å². The van der Waals surface area contributed by atoms with Crippen LogP contribution in [0.1, 0.15) is 5.56 Å². The number of carbonyl (C=O) groups excluding carboxylic acids is 1. The number of hydrogen-bond acceptors (Lipinski definition) is 3. The van der Waals surface area contributed by atoms with Crippen molar-refractivity contribution in [1.82, 2.24) is 0 Å². The van der Waals surface area contributed by atoms with Gasteiger partial charge in [0, 0.05) is 4.47 Å². The largest absolute Gasteiger partial charge is 0.486 e. The third kappa shape index (κ3) is 3.06. The lowest BCUT2D eigenvalue weighted by atomic mass is 10.2. The predicted molar refractivity (Wildman–Crippen MR) is 83.6 cm³/mol. The van der Waals surface area contributed by atoms with Crippen LogP contribution in [-0.4, -0.2) is 19.2 Å². The van der Waals surface area contributed by atoms with Gasteiger partial charge >= 0.3 is 6.09 Å². The second-order valence-corrected chi connectivity index (χ2v) is 5.69. The Hall–Kier alpha value is -2.08. The normalized spacial score (nSPS) is 13.3. The molecule has 1 amide bonds. The predicted octanol–water partition coefficient (Wildman–Crippen LogP) is 4.12. The van der Waals surface area contributed by atoms with Crippen LogP contribution in [0.4, 0.5) is 14.9 Å². The van der Waals surface area contributed by atoms with Crippen LogP contribution in [0.15, 0.2) is 46.9 Å². The first kappa shape index (κ1) is 14.8. The van der Waals surface area contributed by atoms with Crippen LogP contribution in [0.2, 0.25) is 0 Å². The van der Waals surface area contributed by atoms with Crippen LogP contribution in [0.25, 0.3) is 0 Å². The van der Waals surface area contributed by atoms with E-state index in [4.69, 9.17) is 9.47 Å². The Balaban J connectivity index is 1.77. The molecule has 6 heteroatoms. The van der Waals surface area contributed by atoms with Crippen molar-refractivity contribution < 1.29 is 18.7 Å². The smallest absolute Gasteiger partial charge is 0.414 e. The van der Waals surface area contributed by atoms with Crippen molar-refractivity contribution in [3.8, 4) is 5.75 Å². The fraction of sp³-hybridized carbons (Fsp3) is 0.188. The zero-order chi connectivity index (χ0) is 15.5. The molecule has 1 aliphatic rings. The molecule has 0 N–H and O–H groups in total. The summed E-state index contributed by atoms with van der Waals surface area (Å²) in [5, 5.41) is 0. The molecule has 0 aromatic heterocycles. The summed E-state index contributed by atoms with van der Waals surface area (Å²) in [4.78, 5) is 13.7. The van der Waals surface area contributed by atoms with Gasteiger partial charge in [-0.2, -0.15) is 0 Å². The Labute approximate surface area is 135 Å². The van der Waals surface area contributed by atoms with Gasteiger partial charge in [0.25, 0.3) is 0 Å². The van der Waals surface area contributed by atoms with Gasteiger partial charge in [0.1, 0.15) is 13.2 Å². The highest BCUT2D eigenvalue weighted by Gasteiger charge is 2.27. The zero-order valence-corrected chi connectivity index (χ0v) is 13.2. The van der Waals surface area contributed by atoms with Crippen molar-refractivity contribution in [3.05, 3.63) is 58.3 Å². The van der Waals surface area contributed by atoms with Crippen LogP contribution < -0.4 is 9.64 Å². The van der Waals surface area contributed by atoms with E-state index in [1.54, 1.807) is 6.07 Å². The van der Waals surface area contributed by atoms with Crippen LogP contribution >= 0.6 is 15.9 Å². The van der Waals surface area contributed by atoms with Crippen LogP contribution in [0.5, 0.6) is 5.75 Å². The molecule has 2 aromatic rings. The molecule has 1 aliphatic heterocycles. The molecular weight excluding hydrogens is 353 g/mol. The zero-order valence-electron chi connectivity index (χ0n) is 11.6. The number of carbonyl (C=O) groups is 1. The highest BCUT2D eigenvalue weighted by atomic mass is 79.9. The van der Waals surface area contributed by atoms with Gasteiger partial charge < -0.3 is 9.47 Å². The average Bonchev–Trinajstić information content (AvgIpc) is 2.53. The monoisotopic (exact) mass is 365 g/mol. The number of rotatable bonds is 2. The first-order chi connectivity index (χ1) is 10.6. The third-order valence-electron chi connectivity index (χ3n) is 3.27. The van der Waals surface area contributed by atoms with Crippen molar-refractivity contribution in [1.29, 1.82) is 0 Å². The number of hydrogen-bond donors (Lipinski definition) is 0. The second-order valence-electron chi connectivity index (χ2n) is 4.78. The number of benzene rings is 2. The fourth-order valence-corrected chi connectivity index (χ4v) is 2.65. The van der Waals surface area contributed by atoms with Crippen molar-refractivity contribution in [2.24, 2.45) is 0 Å². The molecule has 0 aliphatic carbocycles. The SMILES string of the molecule is O=C(OCc1ccccc1)N1CCOc2c(F)cc(Br)cc21. The van der Waals surface area contributed by atoms with Crippen LogP contribution in [0.3, 0.4) is 0 Å². The van der Waals surface area contributed by atoms with Gasteiger partial charge in [-0.25, -0.2) is 9.18 Å². The molecule has 2 aromatic carbocycles. The van der Waals surface area contributed by atoms with Gasteiger partial charge in [-0.1, -0.05) is 46.3 Å². The lowest BCUT2D eigenvalue weighted by Gasteiger charge is -2.29. The standard InChI is InChI=1S/C16H13BrFNO3/c17-12-8-13(18)15-14(9-12)19(6-7-21-15)16(20)22-10-11-4-2-1-3-5-11/h1-5,8-9H,6-7,10H2. The molecule has 1 heterocycles. The molecule has 3 rings (SSSR count). The maximum atomic E-state index is 13.9. The number of fused-ring (bicyclic) bond motifs is 1. The molecule has 0 radical (unpaired) electrons. The Morgan fingerprint density at radius 2 is 2.09 bits per heavy atom. The molecule has 4 nitrogen and oxygen atoms in total. The first-order valence-corrected chi connectivity index (χ1v) is 7.54. The van der Waals surface area contributed by atoms with Gasteiger partial charge in [-0.05, 0) is 17.7 Å². The summed E-state index contributed by atoms with van der Waals surface area (Å²) >= 11 is 3.22. The summed E-state index contributed by atoms with van der Waals surface area (Å²) in [5.74, 6) is -0.434. The fourth-order valence-electron chi connectivity index (χ4n) is 2.24. The lowest BCUT2D eigenvalue weighted by Crippen LogP contribution is -2.38. The molecule has 0 unspecified atom stereocenters. The second kappa shape index (κ2) is 6.36. The molecule has 0 saturated carbocycles. The minimum Gasteiger partial charge on any atom is -0.486 e. The molecule has 0 fully saturated rings. The molecule has 22 heavy (non-hydrogen) atoms. The van der Waals surface area contributed by atoms with Gasteiger partial charge in [-0.15, -0.1) is 0 Å². The molecule has 0 saturated heterocycles. The molecular formula is C16H13BrFNO3. The van der Waals surface area contributed by atoms with Gasteiger partial charge in [0.05, 0.1) is 12.2 Å². The molecule has 0 spiro atoms. The summed E-state index contributed by atoms with van der Waals surface area (Å²) in [6, 6.07) is 12.3. The number of nitrogens with zero attached hydrogens (tertiary/aromatic N) is 1. The Kier molecular flexibility index (Phi) is 4.29. The highest BCUT2D eigenvalue weighted by Crippen LogP contribution is 2.37. The maximum Gasteiger partial charge on any atom is 0.414 e. The van der Waals surface area contributed by atoms with E-state index in [9.17, 15) is 9.18 Å². The minimum atomic E-state index is -0.522. The number of amides is 1. The van der Waals surface area contributed by atoms with E-state index in [1.807, 2.05) is 30.3 Å². The first-order valence-electron chi connectivity index (χ1n) is 6.75. The van der Waals surface area contributed by atoms with E-state index in [-0.39, 0.29) is 19.0 Å². The van der Waals surface area contributed by atoms with Crippen molar-refractivity contribution in [2.75, 3.05) is 18.1 Å². The van der Waals surface area contributed by atoms with E-state index in [1.165, 1.54) is 11.0 Å². The molecule has 0 bridgehead atoms. The van der Waals surface area contributed by atoms with Crippen molar-refractivity contribution in [3.63, 3.8) is 0 Å². The van der Waals surface area contributed by atoms with E-state index in [0.717, 1.165) is 5.56 Å². The van der Waals surface area contributed by atoms with Gasteiger partial charge in [0.15, 0.2) is 11.6 Å². The maximum absolute atomic E-state index is 13.9. The van der Waals surface area contributed by atoms with Crippen molar-refractivity contribution in [2.45, 2.75) is 6.61 Å². The molecule has 114 valence electrons. The summed E-state index contributed by atoms with van der Waals surface area (Å²) < 4.78 is 25.0. The van der Waals surface area contributed by atoms with E-state index < -0.39 is 11.9 Å². The Morgan fingerprint density at radius 3 is 2.86 bits per heavy atom. The molecule has 0 atom stereocenters. The summed E-state index contributed by atoms with van der Waals surface area (Å²) in [7, 11) is 0. The van der Waals surface area contributed by atoms with Crippen LogP contribution in [-0.2, 0) is 11.3 Å².